The van der Waals surface area contributed by atoms with Gasteiger partial charge in [0.05, 0.1) is 0 Å². The molecule has 0 unspecified atom stereocenters. The minimum absolute atomic E-state index is 0.157. The molecule has 4 nitrogen and oxygen atoms in total. The molecular formula is C18H29NO3. The number of nitrogens with zero attached hydrogens (tertiary/aromatic N) is 1. The number of carbonyl (C=O) groups is 1. The highest BCUT2D eigenvalue weighted by Gasteiger charge is 2.03. The molecule has 0 amide bonds. The van der Waals surface area contributed by atoms with E-state index in [-0.39, 0.29) is 5.97 Å². The van der Waals surface area contributed by atoms with E-state index in [9.17, 15) is 4.79 Å². The Balaban J connectivity index is 1.93. The van der Waals surface area contributed by atoms with Crippen LogP contribution >= 0.6 is 0 Å². The van der Waals surface area contributed by atoms with Crippen molar-refractivity contribution < 1.29 is 14.3 Å². The fourth-order valence-electron chi connectivity index (χ4n) is 2.16. The quantitative estimate of drug-likeness (QED) is 0.439. The minimum atomic E-state index is -0.157. The van der Waals surface area contributed by atoms with Crippen LogP contribution < -0.4 is 0 Å². The summed E-state index contributed by atoms with van der Waals surface area (Å²) in [4.78, 5) is 13.9. The average Bonchev–Trinajstić information content (AvgIpc) is 2.53. The van der Waals surface area contributed by atoms with Crippen molar-refractivity contribution in [2.75, 3.05) is 33.4 Å². The number of hydrogen-bond acceptors (Lipinski definition) is 4. The molecule has 22 heavy (non-hydrogen) atoms. The lowest BCUT2D eigenvalue weighted by atomic mass is 10.2. The number of esters is 1. The van der Waals surface area contributed by atoms with Crippen LogP contribution in [0.25, 0.3) is 0 Å². The molecule has 0 aliphatic heterocycles. The SMILES string of the molecule is CCCN(C)CCCOCCCC(=O)OCc1ccccc1. The standard InChI is InChI=1S/C18H29NO3/c1-3-12-19(2)13-8-15-21-14-7-11-18(20)22-16-17-9-5-4-6-10-17/h4-6,9-10H,3,7-8,11-16H2,1-2H3. The van der Waals surface area contributed by atoms with Crippen molar-refractivity contribution in [1.29, 1.82) is 0 Å². The van der Waals surface area contributed by atoms with Crippen LogP contribution in [0.15, 0.2) is 30.3 Å². The van der Waals surface area contributed by atoms with Crippen LogP contribution in [0, 0.1) is 0 Å². The predicted octanol–water partition coefficient (Wildman–Crippen LogP) is 3.26. The van der Waals surface area contributed by atoms with Crippen LogP contribution in [-0.2, 0) is 20.9 Å². The maximum absolute atomic E-state index is 11.6. The van der Waals surface area contributed by atoms with E-state index in [1.165, 1.54) is 6.42 Å². The van der Waals surface area contributed by atoms with Gasteiger partial charge in [0, 0.05) is 26.2 Å². The topological polar surface area (TPSA) is 38.8 Å². The lowest BCUT2D eigenvalue weighted by Gasteiger charge is -2.14. The molecule has 0 radical (unpaired) electrons. The first kappa shape index (κ1) is 18.7. The smallest absolute Gasteiger partial charge is 0.306 e. The van der Waals surface area contributed by atoms with E-state index in [4.69, 9.17) is 9.47 Å². The fourth-order valence-corrected chi connectivity index (χ4v) is 2.16. The Morgan fingerprint density at radius 3 is 2.55 bits per heavy atom. The van der Waals surface area contributed by atoms with Gasteiger partial charge >= 0.3 is 5.97 Å². The van der Waals surface area contributed by atoms with Gasteiger partial charge in [-0.05, 0) is 38.4 Å². The maximum atomic E-state index is 11.6. The van der Waals surface area contributed by atoms with Crippen molar-refractivity contribution in [2.24, 2.45) is 0 Å². The molecule has 0 saturated carbocycles. The molecule has 0 fully saturated rings. The van der Waals surface area contributed by atoms with Crippen LogP contribution in [0.2, 0.25) is 0 Å². The summed E-state index contributed by atoms with van der Waals surface area (Å²) in [7, 11) is 2.13. The van der Waals surface area contributed by atoms with Gasteiger partial charge in [-0.2, -0.15) is 0 Å². The Labute approximate surface area is 134 Å². The lowest BCUT2D eigenvalue weighted by molar-refractivity contribution is -0.145. The zero-order valence-electron chi connectivity index (χ0n) is 13.9. The Hall–Kier alpha value is -1.39. The summed E-state index contributed by atoms with van der Waals surface area (Å²) in [6.45, 7) is 6.11. The third kappa shape index (κ3) is 9.53. The molecule has 0 atom stereocenters. The minimum Gasteiger partial charge on any atom is -0.461 e. The van der Waals surface area contributed by atoms with Gasteiger partial charge in [-0.1, -0.05) is 37.3 Å². The van der Waals surface area contributed by atoms with Gasteiger partial charge in [0.1, 0.15) is 6.61 Å². The third-order valence-corrected chi connectivity index (χ3v) is 3.35. The van der Waals surface area contributed by atoms with Crippen LogP contribution in [0.4, 0.5) is 0 Å². The number of rotatable bonds is 12. The van der Waals surface area contributed by atoms with Crippen LogP contribution in [-0.4, -0.2) is 44.2 Å². The Morgan fingerprint density at radius 1 is 1.09 bits per heavy atom. The summed E-state index contributed by atoms with van der Waals surface area (Å²) in [6, 6.07) is 9.73. The van der Waals surface area contributed by atoms with E-state index in [1.54, 1.807) is 0 Å². The normalized spacial score (nSPS) is 10.9. The highest BCUT2D eigenvalue weighted by molar-refractivity contribution is 5.69. The van der Waals surface area contributed by atoms with Crippen molar-refractivity contribution in [3.63, 3.8) is 0 Å². The molecule has 1 aromatic carbocycles. The largest absolute Gasteiger partial charge is 0.461 e. The first-order valence-corrected chi connectivity index (χ1v) is 8.18. The molecule has 4 heteroatoms. The maximum Gasteiger partial charge on any atom is 0.306 e. The molecule has 0 saturated heterocycles. The van der Waals surface area contributed by atoms with Crippen molar-refractivity contribution in [2.45, 2.75) is 39.2 Å². The number of benzene rings is 1. The van der Waals surface area contributed by atoms with Gasteiger partial charge in [-0.3, -0.25) is 4.79 Å². The molecule has 1 rings (SSSR count). The van der Waals surface area contributed by atoms with Gasteiger partial charge in [-0.15, -0.1) is 0 Å². The molecular weight excluding hydrogens is 278 g/mol. The monoisotopic (exact) mass is 307 g/mol. The summed E-state index contributed by atoms with van der Waals surface area (Å²) < 4.78 is 10.8. The van der Waals surface area contributed by atoms with E-state index in [0.717, 1.165) is 38.1 Å². The molecule has 0 aliphatic carbocycles. The van der Waals surface area contributed by atoms with E-state index < -0.39 is 0 Å². The first-order chi connectivity index (χ1) is 10.7. The molecule has 1 aromatic rings. The van der Waals surface area contributed by atoms with Crippen LogP contribution in [0.5, 0.6) is 0 Å². The molecule has 0 aliphatic rings. The molecule has 0 spiro atoms. The zero-order valence-corrected chi connectivity index (χ0v) is 13.9. The van der Waals surface area contributed by atoms with E-state index in [0.29, 0.717) is 19.6 Å². The summed E-state index contributed by atoms with van der Waals surface area (Å²) in [6.07, 6.45) is 3.36. The Morgan fingerprint density at radius 2 is 1.82 bits per heavy atom. The van der Waals surface area contributed by atoms with Gasteiger partial charge in [0.2, 0.25) is 0 Å². The summed E-state index contributed by atoms with van der Waals surface area (Å²) in [5, 5.41) is 0. The van der Waals surface area contributed by atoms with Gasteiger partial charge in [-0.25, -0.2) is 0 Å². The second-order valence-corrected chi connectivity index (χ2v) is 5.52. The van der Waals surface area contributed by atoms with Crippen LogP contribution in [0.1, 0.15) is 38.2 Å². The Bertz CT molecular complexity index is 395. The van der Waals surface area contributed by atoms with Crippen molar-refractivity contribution >= 4 is 5.97 Å². The van der Waals surface area contributed by atoms with E-state index in [1.807, 2.05) is 30.3 Å². The molecule has 0 bridgehead atoms. The predicted molar refractivity (Wildman–Crippen MR) is 88.7 cm³/mol. The van der Waals surface area contributed by atoms with Gasteiger partial charge in [0.15, 0.2) is 0 Å². The van der Waals surface area contributed by atoms with Gasteiger partial charge in [0.25, 0.3) is 0 Å². The first-order valence-electron chi connectivity index (χ1n) is 8.18. The van der Waals surface area contributed by atoms with Crippen molar-refractivity contribution in [3.05, 3.63) is 35.9 Å². The van der Waals surface area contributed by atoms with E-state index >= 15 is 0 Å². The molecule has 0 N–H and O–H groups in total. The average molecular weight is 307 g/mol. The van der Waals surface area contributed by atoms with Crippen molar-refractivity contribution in [3.8, 4) is 0 Å². The van der Waals surface area contributed by atoms with E-state index in [2.05, 4.69) is 18.9 Å². The highest BCUT2D eigenvalue weighted by Crippen LogP contribution is 2.03. The third-order valence-electron chi connectivity index (χ3n) is 3.35. The number of hydrogen-bond donors (Lipinski definition) is 0. The summed E-state index contributed by atoms with van der Waals surface area (Å²) in [5.74, 6) is -0.157. The molecule has 0 aromatic heterocycles. The zero-order chi connectivity index (χ0) is 16.0. The lowest BCUT2D eigenvalue weighted by Crippen LogP contribution is -2.21. The molecule has 124 valence electrons. The second-order valence-electron chi connectivity index (χ2n) is 5.52. The second kappa shape index (κ2) is 12.2. The fraction of sp³-hybridized carbons (Fsp3) is 0.611. The summed E-state index contributed by atoms with van der Waals surface area (Å²) >= 11 is 0. The number of ether oxygens (including phenoxy) is 2. The Kier molecular flexibility index (Phi) is 10.3. The molecule has 0 heterocycles. The summed E-state index contributed by atoms with van der Waals surface area (Å²) in [5.41, 5.74) is 1.02. The number of carbonyl (C=O) groups excluding carboxylic acids is 1. The van der Waals surface area contributed by atoms with Crippen LogP contribution in [0.3, 0.4) is 0 Å². The van der Waals surface area contributed by atoms with Gasteiger partial charge < -0.3 is 14.4 Å². The van der Waals surface area contributed by atoms with Crippen molar-refractivity contribution in [1.82, 2.24) is 4.90 Å². The highest BCUT2D eigenvalue weighted by atomic mass is 16.5.